The number of anilines is 1. The summed E-state index contributed by atoms with van der Waals surface area (Å²) in [5, 5.41) is 9.09. The molecule has 4 nitrogen and oxygen atoms in total. The fourth-order valence-corrected chi connectivity index (χ4v) is 2.31. The second-order valence-corrected chi connectivity index (χ2v) is 4.43. The Balaban J connectivity index is 2.20. The molecule has 0 saturated carbocycles. The first-order chi connectivity index (χ1) is 8.67. The highest BCUT2D eigenvalue weighted by molar-refractivity contribution is 5.50. The maximum atomic E-state index is 13.4. The zero-order chi connectivity index (χ0) is 13.1. The molecule has 0 aliphatic carbocycles. The van der Waals surface area contributed by atoms with Crippen LogP contribution < -0.4 is 4.90 Å². The molecule has 2 unspecified atom stereocenters. The number of methoxy groups -OCH3 is 2. The van der Waals surface area contributed by atoms with Gasteiger partial charge in [-0.2, -0.15) is 0 Å². The van der Waals surface area contributed by atoms with Crippen molar-refractivity contribution in [1.82, 2.24) is 0 Å². The molecular weight excluding hydrogens is 237 g/mol. The second-order valence-electron chi connectivity index (χ2n) is 4.43. The van der Waals surface area contributed by atoms with Gasteiger partial charge in [0.05, 0.1) is 6.61 Å². The fraction of sp³-hybridized carbons (Fsp3) is 0.538. The highest BCUT2D eigenvalue weighted by Gasteiger charge is 2.33. The lowest BCUT2D eigenvalue weighted by atomic mass is 10.2. The van der Waals surface area contributed by atoms with Crippen molar-refractivity contribution in [3.63, 3.8) is 0 Å². The quantitative estimate of drug-likeness (QED) is 0.877. The van der Waals surface area contributed by atoms with E-state index in [1.807, 2.05) is 4.90 Å². The lowest BCUT2D eigenvalue weighted by molar-refractivity contribution is -0.00461. The molecule has 0 amide bonds. The number of aliphatic hydroxyl groups is 1. The summed E-state index contributed by atoms with van der Waals surface area (Å²) in [6.45, 7) is 1.15. The van der Waals surface area contributed by atoms with Crippen LogP contribution in [0.4, 0.5) is 10.1 Å². The number of nitrogens with zero attached hydrogens (tertiary/aromatic N) is 1. The molecule has 1 aliphatic heterocycles. The van der Waals surface area contributed by atoms with E-state index in [0.29, 0.717) is 18.7 Å². The van der Waals surface area contributed by atoms with E-state index in [0.717, 1.165) is 5.69 Å². The summed E-state index contributed by atoms with van der Waals surface area (Å²) in [5.41, 5.74) is 1.32. The van der Waals surface area contributed by atoms with E-state index in [9.17, 15) is 4.39 Å². The Morgan fingerprint density at radius 2 is 1.83 bits per heavy atom. The topological polar surface area (TPSA) is 41.9 Å². The minimum atomic E-state index is -0.341. The predicted molar refractivity (Wildman–Crippen MR) is 66.1 cm³/mol. The van der Waals surface area contributed by atoms with Crippen LogP contribution in [0, 0.1) is 5.82 Å². The molecule has 1 aromatic rings. The number of hydrogen-bond donors (Lipinski definition) is 1. The molecule has 0 spiro atoms. The normalized spacial score (nSPS) is 23.7. The summed E-state index contributed by atoms with van der Waals surface area (Å²) in [6, 6.07) is 4.58. The number of ether oxygens (including phenoxy) is 2. The molecular formula is C13H18FNO3. The van der Waals surface area contributed by atoms with E-state index in [1.165, 1.54) is 12.1 Å². The zero-order valence-corrected chi connectivity index (χ0v) is 10.6. The predicted octanol–water partition coefficient (Wildman–Crippen LogP) is 1.17. The van der Waals surface area contributed by atoms with Crippen LogP contribution in [0.15, 0.2) is 18.2 Å². The van der Waals surface area contributed by atoms with Gasteiger partial charge >= 0.3 is 0 Å². The average Bonchev–Trinajstić information content (AvgIpc) is 2.81. The first-order valence-electron chi connectivity index (χ1n) is 5.88. The van der Waals surface area contributed by atoms with Crippen LogP contribution >= 0.6 is 0 Å². The third kappa shape index (κ3) is 2.63. The van der Waals surface area contributed by atoms with E-state index in [1.54, 1.807) is 20.3 Å². The van der Waals surface area contributed by atoms with E-state index < -0.39 is 0 Å². The van der Waals surface area contributed by atoms with Crippen molar-refractivity contribution in [3.05, 3.63) is 29.6 Å². The van der Waals surface area contributed by atoms with Gasteiger partial charge in [0.15, 0.2) is 0 Å². The maximum absolute atomic E-state index is 13.4. The van der Waals surface area contributed by atoms with E-state index >= 15 is 0 Å². The molecule has 1 aromatic carbocycles. The summed E-state index contributed by atoms with van der Waals surface area (Å²) >= 11 is 0. The van der Waals surface area contributed by atoms with Crippen LogP contribution in [0.2, 0.25) is 0 Å². The average molecular weight is 255 g/mol. The van der Waals surface area contributed by atoms with Crippen LogP contribution in [0.5, 0.6) is 0 Å². The van der Waals surface area contributed by atoms with Crippen LogP contribution in [-0.2, 0) is 16.1 Å². The summed E-state index contributed by atoms with van der Waals surface area (Å²) in [5.74, 6) is -0.341. The molecule has 0 aromatic heterocycles. The number of aliphatic hydroxyl groups excluding tert-OH is 1. The van der Waals surface area contributed by atoms with Gasteiger partial charge in [-0.1, -0.05) is 0 Å². The Labute approximate surface area is 106 Å². The van der Waals surface area contributed by atoms with Crippen molar-refractivity contribution >= 4 is 5.69 Å². The molecule has 0 radical (unpaired) electrons. The Morgan fingerprint density at radius 3 is 2.33 bits per heavy atom. The SMILES string of the molecule is COC1CN(c2cc(F)cc(CO)c2)CC1OC. The van der Waals surface area contributed by atoms with Crippen molar-refractivity contribution in [2.75, 3.05) is 32.2 Å². The lowest BCUT2D eigenvalue weighted by Gasteiger charge is -2.19. The monoisotopic (exact) mass is 255 g/mol. The Hall–Kier alpha value is -1.17. The first kappa shape index (κ1) is 13.3. The van der Waals surface area contributed by atoms with E-state index in [4.69, 9.17) is 14.6 Å². The maximum Gasteiger partial charge on any atom is 0.125 e. The summed E-state index contributed by atoms with van der Waals surface area (Å²) in [4.78, 5) is 2.00. The Morgan fingerprint density at radius 1 is 1.22 bits per heavy atom. The van der Waals surface area contributed by atoms with Gasteiger partial charge in [0.2, 0.25) is 0 Å². The molecule has 100 valence electrons. The zero-order valence-electron chi connectivity index (χ0n) is 10.6. The van der Waals surface area contributed by atoms with Gasteiger partial charge < -0.3 is 19.5 Å². The molecule has 1 saturated heterocycles. The summed E-state index contributed by atoms with van der Waals surface area (Å²) in [6.07, 6.45) is -0.0355. The van der Waals surface area contributed by atoms with Crippen molar-refractivity contribution in [1.29, 1.82) is 0 Å². The van der Waals surface area contributed by atoms with Crippen molar-refractivity contribution in [2.45, 2.75) is 18.8 Å². The molecule has 2 atom stereocenters. The molecule has 2 rings (SSSR count). The molecule has 1 fully saturated rings. The van der Waals surface area contributed by atoms with Crippen molar-refractivity contribution in [3.8, 4) is 0 Å². The third-order valence-electron chi connectivity index (χ3n) is 3.31. The van der Waals surface area contributed by atoms with Crippen LogP contribution in [0.3, 0.4) is 0 Å². The standard InChI is InChI=1S/C13H18FNO3/c1-17-12-6-15(7-13(12)18-2)11-4-9(8-16)3-10(14)5-11/h3-5,12-13,16H,6-8H2,1-2H3. The summed E-state index contributed by atoms with van der Waals surface area (Å²) < 4.78 is 24.1. The van der Waals surface area contributed by atoms with Gasteiger partial charge in [-0.3, -0.25) is 0 Å². The number of hydrogen-bond acceptors (Lipinski definition) is 4. The van der Waals surface area contributed by atoms with Gasteiger partial charge in [0.25, 0.3) is 0 Å². The smallest absolute Gasteiger partial charge is 0.125 e. The van der Waals surface area contributed by atoms with E-state index in [-0.39, 0.29) is 24.6 Å². The van der Waals surface area contributed by atoms with Crippen LogP contribution in [0.1, 0.15) is 5.56 Å². The molecule has 1 aliphatic rings. The summed E-state index contributed by atoms with van der Waals surface area (Å²) in [7, 11) is 3.29. The molecule has 1 heterocycles. The number of rotatable bonds is 4. The second kappa shape index (κ2) is 5.65. The Bertz CT molecular complexity index is 401. The Kier molecular flexibility index (Phi) is 4.16. The first-order valence-corrected chi connectivity index (χ1v) is 5.88. The van der Waals surface area contributed by atoms with Gasteiger partial charge in [-0.25, -0.2) is 4.39 Å². The van der Waals surface area contributed by atoms with Crippen molar-refractivity contribution in [2.24, 2.45) is 0 Å². The van der Waals surface area contributed by atoms with Crippen LogP contribution in [0.25, 0.3) is 0 Å². The highest BCUT2D eigenvalue weighted by atomic mass is 19.1. The minimum Gasteiger partial charge on any atom is -0.392 e. The number of halogens is 1. The van der Waals surface area contributed by atoms with Gasteiger partial charge in [-0.15, -0.1) is 0 Å². The highest BCUT2D eigenvalue weighted by Crippen LogP contribution is 2.25. The molecule has 0 bridgehead atoms. The fourth-order valence-electron chi connectivity index (χ4n) is 2.31. The van der Waals surface area contributed by atoms with E-state index in [2.05, 4.69) is 0 Å². The molecule has 18 heavy (non-hydrogen) atoms. The van der Waals surface area contributed by atoms with Crippen molar-refractivity contribution < 1.29 is 19.0 Å². The number of benzene rings is 1. The minimum absolute atomic E-state index is 0.0177. The lowest BCUT2D eigenvalue weighted by Crippen LogP contribution is -2.27. The third-order valence-corrected chi connectivity index (χ3v) is 3.31. The molecule has 1 N–H and O–H groups in total. The van der Waals surface area contributed by atoms with Crippen LogP contribution in [-0.4, -0.2) is 44.6 Å². The van der Waals surface area contributed by atoms with Gasteiger partial charge in [-0.05, 0) is 23.8 Å². The molecule has 5 heteroatoms. The van der Waals surface area contributed by atoms with Gasteiger partial charge in [0.1, 0.15) is 18.0 Å². The van der Waals surface area contributed by atoms with Gasteiger partial charge in [0, 0.05) is 33.0 Å². The largest absolute Gasteiger partial charge is 0.392 e.